The van der Waals surface area contributed by atoms with E-state index in [4.69, 9.17) is 11.6 Å². The van der Waals surface area contributed by atoms with Crippen molar-refractivity contribution in [2.24, 2.45) is 0 Å². The number of nitrogens with one attached hydrogen (secondary N) is 2. The molecular weight excluding hydrogens is 312 g/mol. The Balaban J connectivity index is 1.89. The highest BCUT2D eigenvalue weighted by Gasteiger charge is 2.25. The fourth-order valence-corrected chi connectivity index (χ4v) is 2.16. The van der Waals surface area contributed by atoms with Crippen molar-refractivity contribution in [3.63, 3.8) is 0 Å². The number of anilines is 2. The summed E-state index contributed by atoms with van der Waals surface area (Å²) < 4.78 is 27.1. The summed E-state index contributed by atoms with van der Waals surface area (Å²) in [6.07, 6.45) is 2.97. The monoisotopic (exact) mass is 323 g/mol. The molecule has 1 aliphatic carbocycles. The number of carbonyl (C=O) groups excluding carboxylic acids is 1. The van der Waals surface area contributed by atoms with E-state index in [-0.39, 0.29) is 28.1 Å². The largest absolute Gasteiger partial charge is 0.367 e. The van der Waals surface area contributed by atoms with Crippen LogP contribution in [-0.2, 0) is 0 Å². The van der Waals surface area contributed by atoms with E-state index in [2.05, 4.69) is 15.6 Å². The van der Waals surface area contributed by atoms with Crippen LogP contribution in [0.25, 0.3) is 0 Å². The highest BCUT2D eigenvalue weighted by atomic mass is 35.5. The molecule has 1 aromatic heterocycles. The van der Waals surface area contributed by atoms with Gasteiger partial charge in [0.1, 0.15) is 17.5 Å². The number of carbonyl (C=O) groups is 1. The molecule has 0 bridgehead atoms. The SMILES string of the molecule is O=C(Nc1c(F)cccc1Cl)c1cc(F)cnc1NC1CC1. The average Bonchev–Trinajstić information content (AvgIpc) is 3.29. The van der Waals surface area contributed by atoms with Crippen molar-refractivity contribution in [2.45, 2.75) is 18.9 Å². The summed E-state index contributed by atoms with van der Waals surface area (Å²) in [6, 6.07) is 5.35. The molecule has 22 heavy (non-hydrogen) atoms. The van der Waals surface area contributed by atoms with Crippen LogP contribution in [0.2, 0.25) is 5.02 Å². The normalized spacial score (nSPS) is 13.8. The Labute approximate surface area is 130 Å². The lowest BCUT2D eigenvalue weighted by Crippen LogP contribution is -2.18. The molecule has 0 saturated heterocycles. The number of nitrogens with zero attached hydrogens (tertiary/aromatic N) is 1. The molecule has 0 spiro atoms. The smallest absolute Gasteiger partial charge is 0.259 e. The number of amides is 1. The van der Waals surface area contributed by atoms with Gasteiger partial charge >= 0.3 is 0 Å². The molecule has 3 rings (SSSR count). The Morgan fingerprint density at radius 3 is 2.77 bits per heavy atom. The quantitative estimate of drug-likeness (QED) is 0.899. The number of benzene rings is 1. The maximum Gasteiger partial charge on any atom is 0.259 e. The lowest BCUT2D eigenvalue weighted by atomic mass is 10.2. The zero-order valence-electron chi connectivity index (χ0n) is 11.4. The summed E-state index contributed by atoms with van der Waals surface area (Å²) in [6.45, 7) is 0. The van der Waals surface area contributed by atoms with Gasteiger partial charge in [0.15, 0.2) is 0 Å². The number of pyridine rings is 1. The van der Waals surface area contributed by atoms with Crippen LogP contribution < -0.4 is 10.6 Å². The van der Waals surface area contributed by atoms with Crippen molar-refractivity contribution in [3.8, 4) is 0 Å². The number of hydrogen-bond donors (Lipinski definition) is 2. The second-order valence-corrected chi connectivity index (χ2v) is 5.43. The Morgan fingerprint density at radius 1 is 1.32 bits per heavy atom. The van der Waals surface area contributed by atoms with Gasteiger partial charge in [0, 0.05) is 6.04 Å². The highest BCUT2D eigenvalue weighted by Crippen LogP contribution is 2.28. The molecule has 1 fully saturated rings. The predicted molar refractivity (Wildman–Crippen MR) is 80.2 cm³/mol. The molecule has 0 unspecified atom stereocenters. The Kier molecular flexibility index (Phi) is 3.94. The van der Waals surface area contributed by atoms with Gasteiger partial charge in [0.25, 0.3) is 5.91 Å². The molecule has 4 nitrogen and oxygen atoms in total. The molecule has 1 aromatic carbocycles. The molecule has 1 aliphatic rings. The Morgan fingerprint density at radius 2 is 2.09 bits per heavy atom. The third kappa shape index (κ3) is 3.17. The van der Waals surface area contributed by atoms with Crippen LogP contribution in [0.1, 0.15) is 23.2 Å². The fraction of sp³-hybridized carbons (Fsp3) is 0.200. The number of para-hydroxylation sites is 1. The highest BCUT2D eigenvalue weighted by molar-refractivity contribution is 6.34. The zero-order chi connectivity index (χ0) is 15.7. The number of rotatable bonds is 4. The van der Waals surface area contributed by atoms with Crippen LogP contribution in [0.5, 0.6) is 0 Å². The van der Waals surface area contributed by atoms with E-state index < -0.39 is 17.5 Å². The topological polar surface area (TPSA) is 54.0 Å². The molecule has 114 valence electrons. The number of aromatic nitrogens is 1. The van der Waals surface area contributed by atoms with Crippen molar-refractivity contribution in [1.82, 2.24) is 4.98 Å². The second kappa shape index (κ2) is 5.88. The van der Waals surface area contributed by atoms with E-state index in [1.54, 1.807) is 0 Å². The van der Waals surface area contributed by atoms with Gasteiger partial charge in [-0.05, 0) is 31.0 Å². The maximum atomic E-state index is 13.7. The van der Waals surface area contributed by atoms with Crippen molar-refractivity contribution < 1.29 is 13.6 Å². The summed E-state index contributed by atoms with van der Waals surface area (Å²) in [7, 11) is 0. The van der Waals surface area contributed by atoms with E-state index in [1.807, 2.05) is 0 Å². The van der Waals surface area contributed by atoms with Gasteiger partial charge in [-0.1, -0.05) is 17.7 Å². The van der Waals surface area contributed by atoms with E-state index >= 15 is 0 Å². The Hall–Kier alpha value is -2.21. The first-order chi connectivity index (χ1) is 10.5. The molecule has 1 saturated carbocycles. The van der Waals surface area contributed by atoms with Crippen molar-refractivity contribution in [2.75, 3.05) is 10.6 Å². The summed E-state index contributed by atoms with van der Waals surface area (Å²) in [4.78, 5) is 16.2. The molecule has 2 aromatic rings. The summed E-state index contributed by atoms with van der Waals surface area (Å²) in [5.74, 6) is -1.72. The molecule has 0 aliphatic heterocycles. The molecule has 1 amide bonds. The minimum atomic E-state index is -0.679. The van der Waals surface area contributed by atoms with Crippen molar-refractivity contribution in [3.05, 3.63) is 52.7 Å². The molecule has 2 N–H and O–H groups in total. The van der Waals surface area contributed by atoms with Crippen LogP contribution in [0, 0.1) is 11.6 Å². The van der Waals surface area contributed by atoms with Crippen molar-refractivity contribution in [1.29, 1.82) is 0 Å². The first kappa shape index (κ1) is 14.7. The number of halogens is 3. The standard InChI is InChI=1S/C15H12ClF2N3O/c16-11-2-1-3-12(18)13(11)21-15(22)10-6-8(17)7-19-14(10)20-9-4-5-9/h1-3,6-7,9H,4-5H2,(H,19,20)(H,21,22). The minimum absolute atomic E-state index is 0.00576. The summed E-state index contributed by atoms with van der Waals surface area (Å²) in [5.41, 5.74) is -0.137. The first-order valence-electron chi connectivity index (χ1n) is 6.72. The molecular formula is C15H12ClF2N3O. The van der Waals surface area contributed by atoms with Gasteiger partial charge in [0.05, 0.1) is 22.5 Å². The van der Waals surface area contributed by atoms with Crippen molar-refractivity contribution >= 4 is 29.0 Å². The maximum absolute atomic E-state index is 13.7. The van der Waals surface area contributed by atoms with Crippen LogP contribution >= 0.6 is 11.6 Å². The van der Waals surface area contributed by atoms with Gasteiger partial charge in [-0.3, -0.25) is 4.79 Å². The van der Waals surface area contributed by atoms with Crippen LogP contribution in [0.15, 0.2) is 30.5 Å². The number of hydrogen-bond acceptors (Lipinski definition) is 3. The minimum Gasteiger partial charge on any atom is -0.367 e. The fourth-order valence-electron chi connectivity index (χ4n) is 1.95. The third-order valence-electron chi connectivity index (χ3n) is 3.22. The third-order valence-corrected chi connectivity index (χ3v) is 3.53. The summed E-state index contributed by atoms with van der Waals surface area (Å²) in [5, 5.41) is 5.47. The second-order valence-electron chi connectivity index (χ2n) is 5.02. The molecule has 0 atom stereocenters. The first-order valence-corrected chi connectivity index (χ1v) is 7.10. The van der Waals surface area contributed by atoms with Gasteiger partial charge in [-0.15, -0.1) is 0 Å². The molecule has 7 heteroatoms. The average molecular weight is 324 g/mol. The van der Waals surface area contributed by atoms with Crippen LogP contribution in [0.3, 0.4) is 0 Å². The van der Waals surface area contributed by atoms with Crippen LogP contribution in [0.4, 0.5) is 20.3 Å². The lowest BCUT2D eigenvalue weighted by Gasteiger charge is -2.12. The Bertz CT molecular complexity index is 714. The molecule has 0 radical (unpaired) electrons. The lowest BCUT2D eigenvalue weighted by molar-refractivity contribution is 0.102. The predicted octanol–water partition coefficient (Wildman–Crippen LogP) is 3.84. The van der Waals surface area contributed by atoms with Gasteiger partial charge in [-0.2, -0.15) is 0 Å². The zero-order valence-corrected chi connectivity index (χ0v) is 12.1. The van der Waals surface area contributed by atoms with Gasteiger partial charge in [0.2, 0.25) is 0 Å². The molecule has 1 heterocycles. The van der Waals surface area contributed by atoms with E-state index in [9.17, 15) is 13.6 Å². The summed E-state index contributed by atoms with van der Waals surface area (Å²) >= 11 is 5.87. The van der Waals surface area contributed by atoms with E-state index in [0.717, 1.165) is 25.1 Å². The van der Waals surface area contributed by atoms with Gasteiger partial charge < -0.3 is 10.6 Å². The van der Waals surface area contributed by atoms with E-state index in [0.29, 0.717) is 0 Å². The van der Waals surface area contributed by atoms with E-state index in [1.165, 1.54) is 18.2 Å². The van der Waals surface area contributed by atoms with Crippen LogP contribution in [-0.4, -0.2) is 16.9 Å². The van der Waals surface area contributed by atoms with Gasteiger partial charge in [-0.25, -0.2) is 13.8 Å².